The quantitative estimate of drug-likeness (QED) is 0.858. The van der Waals surface area contributed by atoms with Crippen LogP contribution in [0, 0.1) is 24.7 Å². The smallest absolute Gasteiger partial charge is 0.307 e. The van der Waals surface area contributed by atoms with E-state index in [9.17, 15) is 9.59 Å². The molecule has 0 saturated heterocycles. The Kier molecular flexibility index (Phi) is 3.87. The van der Waals surface area contributed by atoms with Crippen molar-refractivity contribution in [2.24, 2.45) is 17.8 Å². The summed E-state index contributed by atoms with van der Waals surface area (Å²) in [4.78, 5) is 23.2. The first-order valence-electron chi connectivity index (χ1n) is 6.40. The highest BCUT2D eigenvalue weighted by Gasteiger charge is 2.41. The topological polar surface area (TPSA) is 92.4 Å². The number of hydrogen-bond acceptors (Lipinski definition) is 4. The average molecular weight is 266 g/mol. The standard InChI is InChI=1S/C13H18N2O4/c1-7-3-10(11(4-7)13(17)18)12(16)14-6-9-5-8(2)15-19-9/h5,7,10-11H,3-4,6H2,1-2H3,(H,14,16)(H,17,18). The van der Waals surface area contributed by atoms with Crippen molar-refractivity contribution >= 4 is 11.9 Å². The van der Waals surface area contributed by atoms with E-state index in [4.69, 9.17) is 9.63 Å². The summed E-state index contributed by atoms with van der Waals surface area (Å²) in [5.74, 6) is -1.29. The lowest BCUT2D eigenvalue weighted by Gasteiger charge is -2.14. The Morgan fingerprint density at radius 1 is 1.47 bits per heavy atom. The van der Waals surface area contributed by atoms with Crippen LogP contribution in [0.25, 0.3) is 0 Å². The molecule has 6 heteroatoms. The summed E-state index contributed by atoms with van der Waals surface area (Å²) in [5, 5.41) is 15.6. The maximum atomic E-state index is 12.0. The van der Waals surface area contributed by atoms with Gasteiger partial charge in [0.2, 0.25) is 5.91 Å². The third kappa shape index (κ3) is 3.13. The van der Waals surface area contributed by atoms with E-state index in [0.717, 1.165) is 5.69 Å². The lowest BCUT2D eigenvalue weighted by Crippen LogP contribution is -2.34. The van der Waals surface area contributed by atoms with E-state index in [0.29, 0.717) is 18.6 Å². The molecule has 2 rings (SSSR count). The highest BCUT2D eigenvalue weighted by atomic mass is 16.5. The second-order valence-corrected chi connectivity index (χ2v) is 5.28. The van der Waals surface area contributed by atoms with E-state index in [2.05, 4.69) is 10.5 Å². The van der Waals surface area contributed by atoms with Crippen LogP contribution >= 0.6 is 0 Å². The van der Waals surface area contributed by atoms with Gasteiger partial charge in [-0.25, -0.2) is 0 Å². The maximum Gasteiger partial charge on any atom is 0.307 e. The van der Waals surface area contributed by atoms with E-state index in [1.165, 1.54) is 0 Å². The van der Waals surface area contributed by atoms with Crippen LogP contribution in [0.1, 0.15) is 31.2 Å². The third-order valence-corrected chi connectivity index (χ3v) is 3.57. The molecule has 1 heterocycles. The number of carbonyl (C=O) groups is 2. The van der Waals surface area contributed by atoms with Crippen molar-refractivity contribution in [3.8, 4) is 0 Å². The summed E-state index contributed by atoms with van der Waals surface area (Å²) in [5.41, 5.74) is 0.752. The molecule has 1 saturated carbocycles. The van der Waals surface area contributed by atoms with Gasteiger partial charge in [0.25, 0.3) is 0 Å². The largest absolute Gasteiger partial charge is 0.481 e. The van der Waals surface area contributed by atoms with Gasteiger partial charge >= 0.3 is 5.97 Å². The summed E-state index contributed by atoms with van der Waals surface area (Å²) in [6, 6.07) is 1.74. The average Bonchev–Trinajstić information content (AvgIpc) is 2.92. The number of nitrogens with zero attached hydrogens (tertiary/aromatic N) is 1. The number of nitrogens with one attached hydrogen (secondary N) is 1. The highest BCUT2D eigenvalue weighted by molar-refractivity contribution is 5.85. The van der Waals surface area contributed by atoms with Crippen LogP contribution in [-0.2, 0) is 16.1 Å². The zero-order chi connectivity index (χ0) is 14.0. The van der Waals surface area contributed by atoms with E-state index >= 15 is 0 Å². The molecule has 1 amide bonds. The highest BCUT2D eigenvalue weighted by Crippen LogP contribution is 2.36. The minimum Gasteiger partial charge on any atom is -0.481 e. The van der Waals surface area contributed by atoms with Gasteiger partial charge in [-0.15, -0.1) is 0 Å². The first kappa shape index (κ1) is 13.6. The molecule has 1 fully saturated rings. The number of aromatic nitrogens is 1. The van der Waals surface area contributed by atoms with E-state index in [-0.39, 0.29) is 18.4 Å². The van der Waals surface area contributed by atoms with Crippen LogP contribution in [-0.4, -0.2) is 22.1 Å². The van der Waals surface area contributed by atoms with Gasteiger partial charge in [-0.1, -0.05) is 12.1 Å². The molecule has 1 aromatic heterocycles. The SMILES string of the molecule is Cc1cc(CNC(=O)C2CC(C)CC2C(=O)O)on1. The number of carboxylic acids is 1. The second kappa shape index (κ2) is 5.42. The fourth-order valence-corrected chi connectivity index (χ4v) is 2.66. The molecule has 1 aliphatic rings. The van der Waals surface area contributed by atoms with Crippen molar-refractivity contribution in [3.63, 3.8) is 0 Å². The minimum absolute atomic E-state index is 0.217. The summed E-state index contributed by atoms with van der Waals surface area (Å²) >= 11 is 0. The summed E-state index contributed by atoms with van der Waals surface area (Å²) < 4.78 is 4.99. The molecule has 2 N–H and O–H groups in total. The molecule has 6 nitrogen and oxygen atoms in total. The fraction of sp³-hybridized carbons (Fsp3) is 0.615. The molecule has 0 spiro atoms. The second-order valence-electron chi connectivity index (χ2n) is 5.28. The Balaban J connectivity index is 1.93. The Morgan fingerprint density at radius 2 is 2.16 bits per heavy atom. The van der Waals surface area contributed by atoms with Gasteiger partial charge in [0.05, 0.1) is 24.1 Å². The van der Waals surface area contributed by atoms with Gasteiger partial charge in [-0.2, -0.15) is 0 Å². The van der Waals surface area contributed by atoms with E-state index in [1.807, 2.05) is 6.92 Å². The van der Waals surface area contributed by atoms with Gasteiger partial charge in [0.1, 0.15) is 0 Å². The van der Waals surface area contributed by atoms with Gasteiger partial charge in [0, 0.05) is 6.07 Å². The van der Waals surface area contributed by atoms with Crippen LogP contribution in [0.5, 0.6) is 0 Å². The van der Waals surface area contributed by atoms with Crippen molar-refractivity contribution in [3.05, 3.63) is 17.5 Å². The predicted molar refractivity (Wildman–Crippen MR) is 66.1 cm³/mol. The predicted octanol–water partition coefficient (Wildman–Crippen LogP) is 1.35. The lowest BCUT2D eigenvalue weighted by atomic mass is 9.95. The molecule has 0 aromatic carbocycles. The van der Waals surface area contributed by atoms with Crippen LogP contribution in [0.15, 0.2) is 10.6 Å². The van der Waals surface area contributed by atoms with E-state index < -0.39 is 17.8 Å². The molecule has 0 aliphatic heterocycles. The van der Waals surface area contributed by atoms with Crippen LogP contribution in [0.4, 0.5) is 0 Å². The summed E-state index contributed by atoms with van der Waals surface area (Å²) in [6.07, 6.45) is 1.19. The molecule has 3 atom stereocenters. The normalized spacial score (nSPS) is 26.3. The Hall–Kier alpha value is -1.85. The summed E-state index contributed by atoms with van der Waals surface area (Å²) in [7, 11) is 0. The number of aliphatic carboxylic acids is 1. The number of rotatable bonds is 4. The minimum atomic E-state index is -0.889. The summed E-state index contributed by atoms with van der Waals surface area (Å²) in [6.45, 7) is 4.02. The number of carbonyl (C=O) groups excluding carboxylic acids is 1. The Bertz CT molecular complexity index is 483. The molecule has 19 heavy (non-hydrogen) atoms. The molecule has 3 unspecified atom stereocenters. The van der Waals surface area contributed by atoms with Crippen LogP contribution in [0.2, 0.25) is 0 Å². The monoisotopic (exact) mass is 266 g/mol. The van der Waals surface area contributed by atoms with Crippen LogP contribution < -0.4 is 5.32 Å². The molecule has 1 aromatic rings. The lowest BCUT2D eigenvalue weighted by molar-refractivity contribution is -0.146. The van der Waals surface area contributed by atoms with Gasteiger partial charge in [-0.05, 0) is 25.7 Å². The van der Waals surface area contributed by atoms with Gasteiger partial charge in [0.15, 0.2) is 5.76 Å². The van der Waals surface area contributed by atoms with Crippen LogP contribution in [0.3, 0.4) is 0 Å². The molecular weight excluding hydrogens is 248 g/mol. The van der Waals surface area contributed by atoms with Gasteiger partial charge in [-0.3, -0.25) is 9.59 Å². The van der Waals surface area contributed by atoms with Crippen molar-refractivity contribution in [2.75, 3.05) is 0 Å². The maximum absolute atomic E-state index is 12.0. The number of hydrogen-bond donors (Lipinski definition) is 2. The van der Waals surface area contributed by atoms with Crippen molar-refractivity contribution in [2.45, 2.75) is 33.2 Å². The van der Waals surface area contributed by atoms with Crippen molar-refractivity contribution in [1.82, 2.24) is 10.5 Å². The molecule has 0 radical (unpaired) electrons. The number of amides is 1. The van der Waals surface area contributed by atoms with E-state index in [1.54, 1.807) is 13.0 Å². The molecule has 1 aliphatic carbocycles. The number of aryl methyl sites for hydroxylation is 1. The van der Waals surface area contributed by atoms with Gasteiger partial charge < -0.3 is 14.9 Å². The fourth-order valence-electron chi connectivity index (χ4n) is 2.66. The Labute approximate surface area is 111 Å². The zero-order valence-electron chi connectivity index (χ0n) is 11.0. The third-order valence-electron chi connectivity index (χ3n) is 3.57. The van der Waals surface area contributed by atoms with Crippen molar-refractivity contribution in [1.29, 1.82) is 0 Å². The molecule has 104 valence electrons. The molecule has 0 bridgehead atoms. The Morgan fingerprint density at radius 3 is 2.74 bits per heavy atom. The number of carboxylic acid groups (broad SMARTS) is 1. The molecular formula is C13H18N2O4. The first-order valence-corrected chi connectivity index (χ1v) is 6.40. The zero-order valence-corrected chi connectivity index (χ0v) is 11.0. The van der Waals surface area contributed by atoms with Crippen molar-refractivity contribution < 1.29 is 19.2 Å². The first-order chi connectivity index (χ1) is 8.97.